The van der Waals surface area contributed by atoms with Gasteiger partial charge in [-0.1, -0.05) is 23.3 Å². The van der Waals surface area contributed by atoms with Gasteiger partial charge in [-0.2, -0.15) is 17.7 Å². The van der Waals surface area contributed by atoms with E-state index in [-0.39, 0.29) is 58.9 Å². The van der Waals surface area contributed by atoms with Crippen LogP contribution in [0.25, 0.3) is 0 Å². The average molecular weight is 352 g/mol. The minimum Gasteiger partial charge on any atom is -1.00 e. The third-order valence-corrected chi connectivity index (χ3v) is 3.05. The zero-order valence-corrected chi connectivity index (χ0v) is 15.1. The summed E-state index contributed by atoms with van der Waals surface area (Å²) in [5.41, 5.74) is 7.06. The Morgan fingerprint density at radius 1 is 0.895 bits per heavy atom. The molecule has 0 saturated carbocycles. The van der Waals surface area contributed by atoms with Crippen LogP contribution in [0.2, 0.25) is 0 Å². The quantitative estimate of drug-likeness (QED) is 0.375. The smallest absolute Gasteiger partial charge is 1.00 e. The first kappa shape index (κ1) is 24.2. The maximum Gasteiger partial charge on any atom is 4.00 e. The SMILES string of the molecule is Cc1cc(C)c(C)c(C[c-]2cccc2)c1.[Cl-].[Cl-].[Cl-].[Ti+4]. The van der Waals surface area contributed by atoms with Crippen LogP contribution in [0, 0.1) is 20.8 Å². The van der Waals surface area contributed by atoms with E-state index >= 15 is 0 Å². The van der Waals surface area contributed by atoms with Crippen molar-refractivity contribution in [2.45, 2.75) is 27.2 Å². The van der Waals surface area contributed by atoms with Crippen LogP contribution in [0.3, 0.4) is 0 Å². The minimum absolute atomic E-state index is 0. The van der Waals surface area contributed by atoms with Crippen LogP contribution in [-0.4, -0.2) is 0 Å². The first-order valence-electron chi connectivity index (χ1n) is 5.44. The van der Waals surface area contributed by atoms with Crippen LogP contribution >= 0.6 is 0 Å². The zero-order chi connectivity index (χ0) is 10.8. The molecule has 0 heterocycles. The molecule has 0 aliphatic heterocycles. The molecule has 0 nitrogen and oxygen atoms in total. The van der Waals surface area contributed by atoms with Crippen molar-refractivity contribution < 1.29 is 58.9 Å². The van der Waals surface area contributed by atoms with E-state index in [2.05, 4.69) is 57.2 Å². The fraction of sp³-hybridized carbons (Fsp3) is 0.267. The molecular weight excluding hydrogens is 334 g/mol. The Morgan fingerprint density at radius 2 is 1.42 bits per heavy atom. The van der Waals surface area contributed by atoms with Gasteiger partial charge in [-0.3, -0.25) is 0 Å². The van der Waals surface area contributed by atoms with Gasteiger partial charge < -0.3 is 37.2 Å². The fourth-order valence-electron chi connectivity index (χ4n) is 2.06. The number of rotatable bonds is 2. The Kier molecular flexibility index (Phi) is 13.9. The van der Waals surface area contributed by atoms with Gasteiger partial charge in [0.15, 0.2) is 0 Å². The van der Waals surface area contributed by atoms with E-state index in [0.717, 1.165) is 6.42 Å². The monoisotopic (exact) mass is 350 g/mol. The van der Waals surface area contributed by atoms with Gasteiger partial charge in [0.2, 0.25) is 0 Å². The topological polar surface area (TPSA) is 0 Å². The molecule has 0 spiro atoms. The summed E-state index contributed by atoms with van der Waals surface area (Å²) in [5, 5.41) is 0. The number of halogens is 3. The average Bonchev–Trinajstić information content (AvgIpc) is 2.66. The van der Waals surface area contributed by atoms with Crippen LogP contribution in [0.1, 0.15) is 27.8 Å². The molecule has 0 atom stereocenters. The maximum atomic E-state index is 2.30. The van der Waals surface area contributed by atoms with E-state index in [4.69, 9.17) is 0 Å². The molecule has 0 amide bonds. The molecule has 0 saturated heterocycles. The number of aryl methyl sites for hydroxylation is 2. The molecule has 4 heteroatoms. The summed E-state index contributed by atoms with van der Waals surface area (Å²) in [6, 6.07) is 13.1. The Labute approximate surface area is 149 Å². The number of benzene rings is 1. The summed E-state index contributed by atoms with van der Waals surface area (Å²) in [6.45, 7) is 6.57. The van der Waals surface area contributed by atoms with Gasteiger partial charge in [0.25, 0.3) is 0 Å². The summed E-state index contributed by atoms with van der Waals surface area (Å²) >= 11 is 0. The molecule has 0 bridgehead atoms. The molecule has 0 aliphatic rings. The predicted octanol–water partition coefficient (Wildman–Crippen LogP) is -5.07. The molecule has 2 aromatic rings. The van der Waals surface area contributed by atoms with Crippen molar-refractivity contribution in [1.82, 2.24) is 0 Å². The third-order valence-electron chi connectivity index (χ3n) is 3.05. The summed E-state index contributed by atoms with van der Waals surface area (Å²) in [7, 11) is 0. The van der Waals surface area contributed by atoms with Gasteiger partial charge in [0, 0.05) is 0 Å². The van der Waals surface area contributed by atoms with Gasteiger partial charge in [0.05, 0.1) is 0 Å². The van der Waals surface area contributed by atoms with Crippen molar-refractivity contribution in [2.75, 3.05) is 0 Å². The van der Waals surface area contributed by atoms with Crippen molar-refractivity contribution in [3.05, 3.63) is 64.2 Å². The van der Waals surface area contributed by atoms with Gasteiger partial charge >= 0.3 is 21.7 Å². The second kappa shape index (κ2) is 10.9. The maximum absolute atomic E-state index is 2.30. The molecule has 19 heavy (non-hydrogen) atoms. The van der Waals surface area contributed by atoms with Crippen LogP contribution in [0.4, 0.5) is 0 Å². The van der Waals surface area contributed by atoms with E-state index in [1.54, 1.807) is 0 Å². The predicted molar refractivity (Wildman–Crippen MR) is 65.5 cm³/mol. The molecule has 2 aromatic carbocycles. The van der Waals surface area contributed by atoms with Crippen LogP contribution in [0.5, 0.6) is 0 Å². The van der Waals surface area contributed by atoms with Crippen molar-refractivity contribution in [3.63, 3.8) is 0 Å². The standard InChI is InChI=1S/C15H17.3ClH.Ti/c1-11-8-12(2)13(3)15(9-11)10-14-6-4-5-7-14;;;;/h4-9H,10H2,1-3H3;3*1H;/q-1;;;;+4/p-3. The molecule has 0 unspecified atom stereocenters. The molecule has 0 N–H and O–H groups in total. The molecule has 2 rings (SSSR count). The van der Waals surface area contributed by atoms with E-state index in [1.165, 1.54) is 27.8 Å². The second-order valence-electron chi connectivity index (χ2n) is 4.34. The normalized spacial score (nSPS) is 8.37. The van der Waals surface area contributed by atoms with Crippen LogP contribution < -0.4 is 37.2 Å². The largest absolute Gasteiger partial charge is 4.00 e. The summed E-state index contributed by atoms with van der Waals surface area (Å²) in [4.78, 5) is 0. The van der Waals surface area contributed by atoms with Crippen LogP contribution in [0.15, 0.2) is 36.4 Å². The molecule has 0 fully saturated rings. The molecule has 0 aromatic heterocycles. The molecular formula is C15H17Cl3Ti. The summed E-state index contributed by atoms with van der Waals surface area (Å²) in [6.07, 6.45) is 1.06. The summed E-state index contributed by atoms with van der Waals surface area (Å²) < 4.78 is 0. The van der Waals surface area contributed by atoms with Gasteiger partial charge in [0.1, 0.15) is 0 Å². The molecule has 0 radical (unpaired) electrons. The van der Waals surface area contributed by atoms with E-state index < -0.39 is 0 Å². The van der Waals surface area contributed by atoms with Gasteiger partial charge in [-0.05, 0) is 38.3 Å². The van der Waals surface area contributed by atoms with Crippen LogP contribution in [-0.2, 0) is 28.1 Å². The van der Waals surface area contributed by atoms with Crippen molar-refractivity contribution in [1.29, 1.82) is 0 Å². The zero-order valence-electron chi connectivity index (χ0n) is 11.3. The third kappa shape index (κ3) is 6.43. The first-order chi connectivity index (χ1) is 7.16. The Bertz CT molecular complexity index is 464. The number of hydrogen-bond acceptors (Lipinski definition) is 0. The van der Waals surface area contributed by atoms with Gasteiger partial charge in [-0.25, -0.2) is 12.1 Å². The van der Waals surface area contributed by atoms with E-state index in [0.29, 0.717) is 0 Å². The van der Waals surface area contributed by atoms with Crippen molar-refractivity contribution in [2.24, 2.45) is 0 Å². The number of hydrogen-bond donors (Lipinski definition) is 0. The Morgan fingerprint density at radius 3 is 1.95 bits per heavy atom. The fourth-order valence-corrected chi connectivity index (χ4v) is 2.06. The van der Waals surface area contributed by atoms with Crippen molar-refractivity contribution >= 4 is 0 Å². The van der Waals surface area contributed by atoms with Crippen molar-refractivity contribution in [3.8, 4) is 0 Å². The van der Waals surface area contributed by atoms with E-state index in [9.17, 15) is 0 Å². The Hall–Kier alpha value is 0.154. The minimum atomic E-state index is 0. The molecule has 102 valence electrons. The summed E-state index contributed by atoms with van der Waals surface area (Å²) in [5.74, 6) is 0. The second-order valence-corrected chi connectivity index (χ2v) is 4.34. The first-order valence-corrected chi connectivity index (χ1v) is 5.44. The van der Waals surface area contributed by atoms with Gasteiger partial charge in [-0.15, -0.1) is 0 Å². The molecule has 0 aliphatic carbocycles. The Balaban J connectivity index is -0.000000640. The van der Waals surface area contributed by atoms with E-state index in [1.807, 2.05) is 0 Å².